The minimum Gasteiger partial charge on any atom is -0.465 e. The number of ether oxygens (including phenoxy) is 1. The number of rotatable bonds is 5. The van der Waals surface area contributed by atoms with Gasteiger partial charge in [-0.15, -0.1) is 5.10 Å². The summed E-state index contributed by atoms with van der Waals surface area (Å²) >= 11 is 2.06. The average Bonchev–Trinajstić information content (AvgIpc) is 2.85. The van der Waals surface area contributed by atoms with Crippen LogP contribution in [0.15, 0.2) is 16.1 Å². The molecule has 1 amide bonds. The monoisotopic (exact) mass is 341 g/mol. The van der Waals surface area contributed by atoms with Gasteiger partial charge in [0, 0.05) is 0 Å². The number of methoxy groups -OCH3 is 1. The van der Waals surface area contributed by atoms with Crippen LogP contribution in [0.3, 0.4) is 0 Å². The smallest absolute Gasteiger partial charge is 0.350 e. The second-order valence-electron chi connectivity index (χ2n) is 3.90. The minimum atomic E-state index is -0.498. The zero-order chi connectivity index (χ0) is 16.1. The van der Waals surface area contributed by atoms with Crippen LogP contribution in [0.25, 0.3) is 0 Å². The average molecular weight is 341 g/mol. The molecule has 0 saturated carbocycles. The van der Waals surface area contributed by atoms with Crippen molar-refractivity contribution in [1.29, 1.82) is 0 Å². The van der Waals surface area contributed by atoms with E-state index in [0.717, 1.165) is 29.3 Å². The van der Waals surface area contributed by atoms with Gasteiger partial charge in [-0.05, 0) is 6.92 Å². The molecule has 0 radical (unpaired) electrons. The van der Waals surface area contributed by atoms with Crippen LogP contribution in [0.4, 0.5) is 5.13 Å². The van der Waals surface area contributed by atoms with Crippen molar-refractivity contribution < 1.29 is 14.3 Å². The third-order valence-electron chi connectivity index (χ3n) is 2.31. The number of thioether (sulfide) groups is 1. The second kappa shape index (κ2) is 7.13. The number of esters is 1. The van der Waals surface area contributed by atoms with Crippen LogP contribution in [0, 0.1) is 6.92 Å². The summed E-state index contributed by atoms with van der Waals surface area (Å²) < 4.78 is 4.62. The van der Waals surface area contributed by atoms with E-state index < -0.39 is 11.5 Å². The molecule has 0 spiro atoms. The van der Waals surface area contributed by atoms with Crippen molar-refractivity contribution in [3.8, 4) is 0 Å². The van der Waals surface area contributed by atoms with Crippen LogP contribution in [-0.2, 0) is 9.53 Å². The molecule has 0 bridgehead atoms. The molecule has 0 aromatic carbocycles. The Bertz CT molecular complexity index is 757. The molecule has 9 nitrogen and oxygen atoms in total. The fourth-order valence-electron chi connectivity index (χ4n) is 1.38. The van der Waals surface area contributed by atoms with Gasteiger partial charge in [-0.3, -0.25) is 14.6 Å². The third kappa shape index (κ3) is 4.11. The van der Waals surface area contributed by atoms with Crippen LogP contribution in [-0.4, -0.2) is 44.9 Å². The number of carbonyl (C=O) groups excluding carboxylic acids is 2. The number of carbonyl (C=O) groups is 2. The summed E-state index contributed by atoms with van der Waals surface area (Å²) in [6.07, 6.45) is 1.04. The number of hydrogen-bond acceptors (Lipinski definition) is 9. The van der Waals surface area contributed by atoms with E-state index in [1.165, 1.54) is 7.11 Å². The van der Waals surface area contributed by atoms with E-state index in [-0.39, 0.29) is 16.8 Å². The number of aromatic amines is 1. The Kier molecular flexibility index (Phi) is 5.22. The molecule has 2 heterocycles. The highest BCUT2D eigenvalue weighted by molar-refractivity contribution is 7.99. The molecular formula is C11H11N5O4S2. The molecule has 0 saturated heterocycles. The van der Waals surface area contributed by atoms with Crippen molar-refractivity contribution in [2.75, 3.05) is 18.2 Å². The molecule has 116 valence electrons. The Balaban J connectivity index is 1.95. The molecule has 2 aromatic rings. The molecule has 2 N–H and O–H groups in total. The Hall–Kier alpha value is -2.27. The van der Waals surface area contributed by atoms with Gasteiger partial charge in [0.1, 0.15) is 11.1 Å². The van der Waals surface area contributed by atoms with E-state index in [1.807, 2.05) is 0 Å². The first-order valence-electron chi connectivity index (χ1n) is 5.90. The van der Waals surface area contributed by atoms with Gasteiger partial charge < -0.3 is 10.1 Å². The van der Waals surface area contributed by atoms with Crippen molar-refractivity contribution in [2.45, 2.75) is 12.1 Å². The number of nitrogens with one attached hydrogen (secondary N) is 2. The maximum Gasteiger partial charge on any atom is 0.350 e. The van der Waals surface area contributed by atoms with Gasteiger partial charge in [-0.2, -0.15) is 5.10 Å². The van der Waals surface area contributed by atoms with Crippen LogP contribution in [0.1, 0.15) is 15.4 Å². The van der Waals surface area contributed by atoms with Gasteiger partial charge in [0.15, 0.2) is 10.3 Å². The van der Waals surface area contributed by atoms with Gasteiger partial charge >= 0.3 is 5.97 Å². The van der Waals surface area contributed by atoms with Crippen molar-refractivity contribution >= 4 is 40.1 Å². The molecule has 0 fully saturated rings. The lowest BCUT2D eigenvalue weighted by atomic mass is 10.4. The third-order valence-corrected chi connectivity index (χ3v) is 4.22. The first-order valence-corrected chi connectivity index (χ1v) is 7.70. The lowest BCUT2D eigenvalue weighted by molar-refractivity contribution is -0.113. The van der Waals surface area contributed by atoms with E-state index in [2.05, 4.69) is 30.2 Å². The number of H-pyrrole nitrogens is 1. The molecule has 2 aromatic heterocycles. The first-order chi connectivity index (χ1) is 10.5. The second-order valence-corrected chi connectivity index (χ2v) is 5.86. The van der Waals surface area contributed by atoms with Gasteiger partial charge in [0.2, 0.25) is 5.91 Å². The van der Waals surface area contributed by atoms with E-state index in [4.69, 9.17) is 0 Å². The van der Waals surface area contributed by atoms with E-state index >= 15 is 0 Å². The molecule has 0 unspecified atom stereocenters. The fraction of sp³-hybridized carbons (Fsp3) is 0.273. The summed E-state index contributed by atoms with van der Waals surface area (Å²) in [7, 11) is 1.28. The summed E-state index contributed by atoms with van der Waals surface area (Å²) in [5, 5.41) is 10.3. The van der Waals surface area contributed by atoms with Crippen molar-refractivity contribution in [3.05, 3.63) is 27.1 Å². The van der Waals surface area contributed by atoms with E-state index in [1.54, 1.807) is 6.92 Å². The van der Waals surface area contributed by atoms with Crippen molar-refractivity contribution in [1.82, 2.24) is 20.2 Å². The van der Waals surface area contributed by atoms with E-state index in [0.29, 0.717) is 15.7 Å². The first kappa shape index (κ1) is 16.1. The highest BCUT2D eigenvalue weighted by atomic mass is 32.2. The lowest BCUT2D eigenvalue weighted by Gasteiger charge is -2.00. The Morgan fingerprint density at radius 2 is 2.27 bits per heavy atom. The van der Waals surface area contributed by atoms with Crippen LogP contribution in [0.5, 0.6) is 0 Å². The number of hydrogen-bond donors (Lipinski definition) is 2. The predicted octanol–water partition coefficient (Wildman–Crippen LogP) is 0.447. The van der Waals surface area contributed by atoms with Crippen LogP contribution in [0.2, 0.25) is 0 Å². The number of aromatic nitrogens is 4. The van der Waals surface area contributed by atoms with Gasteiger partial charge in [0.25, 0.3) is 5.56 Å². The standard InChI is InChI=1S/C11H11N5O4S2/c1-5-8(9(19)20-2)22-10(13-5)15-7(18)4-21-11-14-6(17)3-12-16-11/h3H,4H2,1-2H3,(H,13,15,18)(H,14,16,17). The van der Waals surface area contributed by atoms with Crippen molar-refractivity contribution in [3.63, 3.8) is 0 Å². The number of thiazole rings is 1. The van der Waals surface area contributed by atoms with Crippen LogP contribution >= 0.6 is 23.1 Å². The number of anilines is 1. The lowest BCUT2D eigenvalue weighted by Crippen LogP contribution is -2.15. The van der Waals surface area contributed by atoms with E-state index in [9.17, 15) is 14.4 Å². The van der Waals surface area contributed by atoms with Crippen LogP contribution < -0.4 is 10.9 Å². The number of amides is 1. The Labute approximate surface area is 132 Å². The van der Waals surface area contributed by atoms with Gasteiger partial charge in [-0.1, -0.05) is 23.1 Å². The SMILES string of the molecule is COC(=O)c1sc(NC(=O)CSc2nncc(=O)[nH]2)nc1C. The normalized spacial score (nSPS) is 10.3. The summed E-state index contributed by atoms with van der Waals surface area (Å²) in [5.74, 6) is -0.829. The summed E-state index contributed by atoms with van der Waals surface area (Å²) in [6, 6.07) is 0. The zero-order valence-electron chi connectivity index (χ0n) is 11.6. The molecule has 0 atom stereocenters. The summed E-state index contributed by atoms with van der Waals surface area (Å²) in [4.78, 5) is 41.2. The Morgan fingerprint density at radius 1 is 1.50 bits per heavy atom. The molecule has 2 rings (SSSR count). The molecular weight excluding hydrogens is 330 g/mol. The quantitative estimate of drug-likeness (QED) is 0.593. The molecule has 22 heavy (non-hydrogen) atoms. The number of aryl methyl sites for hydroxylation is 1. The number of nitrogens with zero attached hydrogens (tertiary/aromatic N) is 3. The van der Waals surface area contributed by atoms with Crippen molar-refractivity contribution in [2.24, 2.45) is 0 Å². The summed E-state index contributed by atoms with van der Waals surface area (Å²) in [5.41, 5.74) is 0.0919. The highest BCUT2D eigenvalue weighted by Gasteiger charge is 2.17. The maximum atomic E-state index is 11.8. The molecule has 0 aliphatic heterocycles. The fourth-order valence-corrected chi connectivity index (χ4v) is 2.90. The largest absolute Gasteiger partial charge is 0.465 e. The minimum absolute atomic E-state index is 0.0147. The molecule has 0 aliphatic carbocycles. The molecule has 11 heteroatoms. The highest BCUT2D eigenvalue weighted by Crippen LogP contribution is 2.23. The topological polar surface area (TPSA) is 127 Å². The van der Waals surface area contributed by atoms with Gasteiger partial charge in [0.05, 0.1) is 18.6 Å². The molecule has 0 aliphatic rings. The van der Waals surface area contributed by atoms with Gasteiger partial charge in [-0.25, -0.2) is 9.78 Å². The summed E-state index contributed by atoms with van der Waals surface area (Å²) in [6.45, 7) is 1.65. The maximum absolute atomic E-state index is 11.8. The Morgan fingerprint density at radius 3 is 2.95 bits per heavy atom. The zero-order valence-corrected chi connectivity index (χ0v) is 13.2. The predicted molar refractivity (Wildman–Crippen MR) is 80.2 cm³/mol.